The molecule has 0 atom stereocenters. The van der Waals surface area contributed by atoms with Crippen LogP contribution in [0.2, 0.25) is 0 Å². The zero-order chi connectivity index (χ0) is 11.6. The van der Waals surface area contributed by atoms with Crippen LogP contribution in [-0.4, -0.2) is 29.8 Å². The van der Waals surface area contributed by atoms with Gasteiger partial charge in [-0.05, 0) is 0 Å². The van der Waals surface area contributed by atoms with Crippen LogP contribution in [0.1, 0.15) is 5.69 Å². The number of H-pyrrole nitrogens is 1. The van der Waals surface area contributed by atoms with E-state index in [1.165, 1.54) is 12.4 Å². The van der Waals surface area contributed by atoms with Gasteiger partial charge in [0.05, 0.1) is 0 Å². The van der Waals surface area contributed by atoms with E-state index in [2.05, 4.69) is 19.6 Å². The third kappa shape index (κ3) is 2.84. The van der Waals surface area contributed by atoms with Crippen LogP contribution in [0.5, 0.6) is 0 Å². The van der Waals surface area contributed by atoms with Crippen LogP contribution in [0.15, 0.2) is 23.0 Å². The first kappa shape index (κ1) is 11.2. The molecule has 0 amide bonds. The van der Waals surface area contributed by atoms with Gasteiger partial charge < -0.3 is 0 Å². The molecule has 2 heterocycles. The Morgan fingerprint density at radius 3 is 2.88 bits per heavy atom. The van der Waals surface area contributed by atoms with Gasteiger partial charge in [-0.3, -0.25) is 0 Å². The minimum atomic E-state index is -4.48. The number of nitrogens with one attached hydrogen (secondary N) is 1. The van der Waals surface area contributed by atoms with E-state index in [1.807, 2.05) is 0 Å². The molecule has 2 aromatic heterocycles. The Kier molecular flexibility index (Phi) is 2.99. The summed E-state index contributed by atoms with van der Waals surface area (Å²) < 4.78 is 9.29. The number of hydrogen-bond donors (Lipinski definition) is 4. The quantitative estimate of drug-likeness (QED) is 0.559. The number of rotatable bonds is 4. The summed E-state index contributed by atoms with van der Waals surface area (Å²) in [6.07, 6.45) is 2.90. The van der Waals surface area contributed by atoms with E-state index in [4.69, 9.17) is 19.2 Å². The average molecular weight is 247 g/mol. The fraction of sp³-hybridized carbons (Fsp3) is 0.143. The van der Waals surface area contributed by atoms with E-state index in [-0.39, 0.29) is 6.61 Å². The van der Waals surface area contributed by atoms with E-state index in [0.29, 0.717) is 17.3 Å². The number of aromatic nitrogens is 3. The molecule has 0 fully saturated rings. The maximum atomic E-state index is 8.63. The molecule has 0 aliphatic carbocycles. The van der Waals surface area contributed by atoms with E-state index in [0.717, 1.165) is 0 Å². The SMILES string of the molecule is O[PH](O)(O)OCc1cnc(-c2ccno2)[nH]1. The predicted molar refractivity (Wildman–Crippen MR) is 53.8 cm³/mol. The third-order valence-corrected chi connectivity index (χ3v) is 2.25. The molecule has 0 aliphatic heterocycles. The van der Waals surface area contributed by atoms with Gasteiger partial charge in [0.25, 0.3) is 0 Å². The topological polar surface area (TPSA) is 125 Å². The van der Waals surface area contributed by atoms with Crippen LogP contribution in [0.4, 0.5) is 0 Å². The normalized spacial score (nSPS) is 12.9. The van der Waals surface area contributed by atoms with Crippen LogP contribution in [0, 0.1) is 0 Å². The van der Waals surface area contributed by atoms with Crippen LogP contribution >= 0.6 is 8.17 Å². The molecule has 2 rings (SSSR count). The molecule has 0 bridgehead atoms. The number of imidazole rings is 1. The van der Waals surface area contributed by atoms with Crippen molar-refractivity contribution in [1.29, 1.82) is 0 Å². The summed E-state index contributed by atoms with van der Waals surface area (Å²) in [5.74, 6) is 0.893. The summed E-state index contributed by atoms with van der Waals surface area (Å²) in [7, 11) is -4.48. The van der Waals surface area contributed by atoms with Gasteiger partial charge in [0.1, 0.15) is 0 Å². The van der Waals surface area contributed by atoms with Crippen LogP contribution < -0.4 is 0 Å². The molecule has 0 saturated heterocycles. The Morgan fingerprint density at radius 1 is 1.44 bits per heavy atom. The van der Waals surface area contributed by atoms with Crippen molar-refractivity contribution >= 4 is 8.17 Å². The first-order chi connectivity index (χ1) is 7.54. The first-order valence-electron chi connectivity index (χ1n) is 4.30. The van der Waals surface area contributed by atoms with E-state index in [9.17, 15) is 0 Å². The number of hydrogen-bond acceptors (Lipinski definition) is 7. The minimum absolute atomic E-state index is 0.184. The van der Waals surface area contributed by atoms with Gasteiger partial charge >= 0.3 is 89.4 Å². The van der Waals surface area contributed by atoms with E-state index >= 15 is 0 Å². The summed E-state index contributed by atoms with van der Waals surface area (Å²) in [4.78, 5) is 32.7. The molecule has 2 aromatic rings. The van der Waals surface area contributed by atoms with Gasteiger partial charge in [0.15, 0.2) is 0 Å². The Morgan fingerprint density at radius 2 is 2.25 bits per heavy atom. The van der Waals surface area contributed by atoms with Crippen LogP contribution in [-0.2, 0) is 11.1 Å². The molecule has 0 spiro atoms. The zero-order valence-corrected chi connectivity index (χ0v) is 8.99. The molecular weight excluding hydrogens is 237 g/mol. The second-order valence-electron chi connectivity index (χ2n) is 3.00. The molecule has 0 unspecified atom stereocenters. The molecule has 0 saturated carbocycles. The van der Waals surface area contributed by atoms with Crippen molar-refractivity contribution in [2.75, 3.05) is 0 Å². The summed E-state index contributed by atoms with van der Waals surface area (Å²) in [6.45, 7) is -0.184. The predicted octanol–water partition coefficient (Wildman–Crippen LogP) is -0.0319. The number of nitrogens with zero attached hydrogens (tertiary/aromatic N) is 2. The first-order valence-corrected chi connectivity index (χ1v) is 6.05. The second-order valence-corrected chi connectivity index (χ2v) is 4.43. The van der Waals surface area contributed by atoms with Crippen molar-refractivity contribution in [3.63, 3.8) is 0 Å². The molecule has 88 valence electrons. The van der Waals surface area contributed by atoms with Crippen molar-refractivity contribution in [1.82, 2.24) is 15.1 Å². The Balaban J connectivity index is 2.03. The average Bonchev–Trinajstić information content (AvgIpc) is 2.84. The van der Waals surface area contributed by atoms with Crippen molar-refractivity contribution < 1.29 is 23.7 Å². The Labute approximate surface area is 90.2 Å². The van der Waals surface area contributed by atoms with Gasteiger partial charge in [0, 0.05) is 0 Å². The molecule has 16 heavy (non-hydrogen) atoms. The third-order valence-electron chi connectivity index (χ3n) is 1.72. The van der Waals surface area contributed by atoms with Crippen molar-refractivity contribution in [2.45, 2.75) is 6.61 Å². The fourth-order valence-corrected chi connectivity index (χ4v) is 1.42. The molecule has 9 heteroatoms. The standard InChI is InChI=1S/C7H10N3O5P/c11-16(12,13)14-4-5-3-8-7(10-5)6-1-2-9-15-6/h1-3,11-13,16H,4H2,(H,8,10). The van der Waals surface area contributed by atoms with Gasteiger partial charge in [-0.25, -0.2) is 0 Å². The van der Waals surface area contributed by atoms with Crippen molar-refractivity contribution in [2.24, 2.45) is 0 Å². The van der Waals surface area contributed by atoms with Gasteiger partial charge in [0.2, 0.25) is 0 Å². The molecular formula is C7H10N3O5P. The van der Waals surface area contributed by atoms with Gasteiger partial charge in [-0.2, -0.15) is 0 Å². The van der Waals surface area contributed by atoms with E-state index in [1.54, 1.807) is 6.07 Å². The van der Waals surface area contributed by atoms with Crippen LogP contribution in [0.3, 0.4) is 0 Å². The summed E-state index contributed by atoms with van der Waals surface area (Å²) >= 11 is 0. The molecule has 0 aromatic carbocycles. The number of aromatic amines is 1. The second kappa shape index (κ2) is 4.28. The monoisotopic (exact) mass is 247 g/mol. The Hall–Kier alpha value is -1.31. The zero-order valence-electron chi connectivity index (χ0n) is 7.99. The summed E-state index contributed by atoms with van der Waals surface area (Å²) in [5.41, 5.74) is 0.473. The molecule has 0 aliphatic rings. The van der Waals surface area contributed by atoms with Gasteiger partial charge in [-0.1, -0.05) is 0 Å². The van der Waals surface area contributed by atoms with Crippen molar-refractivity contribution in [3.05, 3.63) is 24.2 Å². The van der Waals surface area contributed by atoms with Crippen molar-refractivity contribution in [3.8, 4) is 11.6 Å². The van der Waals surface area contributed by atoms with Crippen LogP contribution in [0.25, 0.3) is 11.6 Å². The molecule has 4 N–H and O–H groups in total. The van der Waals surface area contributed by atoms with Gasteiger partial charge in [-0.15, -0.1) is 0 Å². The Bertz CT molecular complexity index is 449. The summed E-state index contributed by atoms with van der Waals surface area (Å²) in [6, 6.07) is 1.62. The molecule has 8 nitrogen and oxygen atoms in total. The molecule has 0 radical (unpaired) electrons. The fourth-order valence-electron chi connectivity index (χ4n) is 1.07. The maximum absolute atomic E-state index is 8.63. The summed E-state index contributed by atoms with van der Waals surface area (Å²) in [5, 5.41) is 3.51. The van der Waals surface area contributed by atoms with E-state index < -0.39 is 8.17 Å².